The Morgan fingerprint density at radius 1 is 0.897 bits per heavy atom. The van der Waals surface area contributed by atoms with Gasteiger partial charge in [-0.25, -0.2) is 4.79 Å². The molecule has 68 heavy (non-hydrogen) atoms. The number of esters is 1. The van der Waals surface area contributed by atoms with Gasteiger partial charge < -0.3 is 43.5 Å². The highest BCUT2D eigenvalue weighted by Gasteiger charge is 2.56. The van der Waals surface area contributed by atoms with Crippen LogP contribution in [0.2, 0.25) is 10.0 Å². The van der Waals surface area contributed by atoms with E-state index in [1.54, 1.807) is 40.0 Å². The minimum atomic E-state index is -2.53. The number of hydrogen-bond acceptors (Lipinski definition) is 13. The van der Waals surface area contributed by atoms with Crippen LogP contribution in [0.15, 0.2) is 35.4 Å². The van der Waals surface area contributed by atoms with Crippen LogP contribution in [0.5, 0.6) is 0 Å². The lowest BCUT2D eigenvalue weighted by Crippen LogP contribution is -2.64. The van der Waals surface area contributed by atoms with Gasteiger partial charge in [0.25, 0.3) is 11.7 Å². The standard InChI is InChI=1S/C52H75Cl2NO13/c1-11-35-19-28(2)18-29(3)20-45(64-9)48-46(65-10)22-31(5)52(62,68-48)49(59)50(60)55-17-13-12-14-39(55)51(61)67-47(33(7)40(56)26-41(35)57)30(4)21-34-15-16-43(44(23-34)63-8)66-27-42(58)36-24-37(53)32(6)38(54)25-36/h19,21,24-25,29,31,33-35,39-40,43-48,56,62H,11-18,20,22-23,26-27H2,1-10H3. The number of aliphatic hydroxyl groups excluding tert-OH is 1. The van der Waals surface area contributed by atoms with Crippen LogP contribution in [0.25, 0.3) is 0 Å². The number of halogens is 2. The first-order chi connectivity index (χ1) is 32.2. The molecule has 1 aromatic rings. The number of carbonyl (C=O) groups excluding carboxylic acids is 5. The Balaban J connectivity index is 1.44. The van der Waals surface area contributed by atoms with Crippen LogP contribution < -0.4 is 0 Å². The van der Waals surface area contributed by atoms with Crippen LogP contribution in [0.3, 0.4) is 0 Å². The molecular formula is C52H75Cl2NO13. The Morgan fingerprint density at radius 2 is 1.54 bits per heavy atom. The number of ether oxygens (including phenoxy) is 6. The topological polar surface area (TPSA) is 184 Å². The van der Waals surface area contributed by atoms with Crippen LogP contribution in [-0.4, -0.2) is 133 Å². The molecule has 3 aliphatic heterocycles. The third-order valence-corrected chi connectivity index (χ3v) is 15.7. The molecule has 2 bridgehead atoms. The zero-order valence-electron chi connectivity index (χ0n) is 41.6. The van der Waals surface area contributed by atoms with Gasteiger partial charge >= 0.3 is 5.97 Å². The molecule has 1 aromatic carbocycles. The van der Waals surface area contributed by atoms with E-state index >= 15 is 0 Å². The maximum absolute atomic E-state index is 14.5. The molecule has 3 heterocycles. The summed E-state index contributed by atoms with van der Waals surface area (Å²) >= 11 is 12.6. The minimum Gasteiger partial charge on any atom is -0.456 e. The number of cyclic esters (lactones) is 1. The fourth-order valence-corrected chi connectivity index (χ4v) is 11.1. The summed E-state index contributed by atoms with van der Waals surface area (Å²) in [6, 6.07) is 1.98. The maximum Gasteiger partial charge on any atom is 0.329 e. The van der Waals surface area contributed by atoms with E-state index in [0.717, 1.165) is 5.57 Å². The van der Waals surface area contributed by atoms with Crippen LogP contribution in [0.1, 0.15) is 128 Å². The molecule has 2 saturated heterocycles. The van der Waals surface area contributed by atoms with E-state index in [0.29, 0.717) is 78.1 Å². The minimum absolute atomic E-state index is 0.0114. The summed E-state index contributed by atoms with van der Waals surface area (Å²) in [7, 11) is 4.64. The van der Waals surface area contributed by atoms with Gasteiger partial charge in [0.05, 0.1) is 30.5 Å². The van der Waals surface area contributed by atoms with Crippen molar-refractivity contribution in [3.05, 3.63) is 56.6 Å². The van der Waals surface area contributed by atoms with Gasteiger partial charge in [0, 0.05) is 67.7 Å². The summed E-state index contributed by atoms with van der Waals surface area (Å²) in [5.74, 6) is -8.11. The Labute approximate surface area is 412 Å². The van der Waals surface area contributed by atoms with Gasteiger partial charge in [-0.05, 0) is 120 Å². The summed E-state index contributed by atoms with van der Waals surface area (Å²) < 4.78 is 36.4. The molecule has 16 heteroatoms. The molecule has 3 fully saturated rings. The second-order valence-electron chi connectivity index (χ2n) is 19.9. The normalized spacial score (nSPS) is 35.5. The van der Waals surface area contributed by atoms with Gasteiger partial charge in [0.15, 0.2) is 5.78 Å². The number of allylic oxidation sites excluding steroid dienone is 3. The zero-order chi connectivity index (χ0) is 50.2. The number of rotatable bonds is 10. The molecular weight excluding hydrogens is 917 g/mol. The van der Waals surface area contributed by atoms with Gasteiger partial charge in [-0.1, -0.05) is 68.6 Å². The largest absolute Gasteiger partial charge is 0.456 e. The molecule has 0 aromatic heterocycles. The molecule has 1 amide bonds. The molecule has 5 rings (SSSR count). The van der Waals surface area contributed by atoms with E-state index in [1.165, 1.54) is 19.1 Å². The number of aliphatic hydroxyl groups is 2. The first kappa shape index (κ1) is 55.9. The number of ketones is 3. The molecule has 14 atom stereocenters. The van der Waals surface area contributed by atoms with Crippen LogP contribution in [-0.2, 0) is 47.6 Å². The number of methoxy groups -OCH3 is 3. The lowest BCUT2D eigenvalue weighted by atomic mass is 9.81. The van der Waals surface area contributed by atoms with Gasteiger partial charge in [-0.2, -0.15) is 0 Å². The number of piperidine rings is 1. The van der Waals surface area contributed by atoms with Crippen molar-refractivity contribution < 1.29 is 62.6 Å². The Kier molecular flexibility index (Phi) is 20.4. The van der Waals surface area contributed by atoms with Gasteiger partial charge in [-0.3, -0.25) is 19.2 Å². The predicted octanol–water partition coefficient (Wildman–Crippen LogP) is 8.00. The number of nitrogens with zero attached hydrogens (tertiary/aromatic N) is 1. The second kappa shape index (κ2) is 24.9. The van der Waals surface area contributed by atoms with E-state index in [-0.39, 0.29) is 68.0 Å². The van der Waals surface area contributed by atoms with Crippen molar-refractivity contribution in [3.8, 4) is 0 Å². The fourth-order valence-electron chi connectivity index (χ4n) is 10.6. The fraction of sp³-hybridized carbons (Fsp3) is 0.712. The van der Waals surface area contributed by atoms with Crippen LogP contribution in [0.4, 0.5) is 0 Å². The van der Waals surface area contributed by atoms with E-state index in [9.17, 15) is 34.2 Å². The average Bonchev–Trinajstić information content (AvgIpc) is 3.31. The van der Waals surface area contributed by atoms with E-state index in [1.807, 2.05) is 39.8 Å². The summed E-state index contributed by atoms with van der Waals surface area (Å²) in [5, 5.41) is 24.8. The first-order valence-electron chi connectivity index (χ1n) is 24.4. The third-order valence-electron chi connectivity index (χ3n) is 14.9. The molecule has 2 N–H and O–H groups in total. The average molecular weight is 993 g/mol. The second-order valence-corrected chi connectivity index (χ2v) is 20.7. The molecule has 0 radical (unpaired) electrons. The van der Waals surface area contributed by atoms with Crippen molar-refractivity contribution in [1.29, 1.82) is 0 Å². The molecule has 380 valence electrons. The molecule has 14 unspecified atom stereocenters. The van der Waals surface area contributed by atoms with E-state index in [4.69, 9.17) is 51.6 Å². The van der Waals surface area contributed by atoms with Crippen molar-refractivity contribution >= 4 is 52.4 Å². The lowest BCUT2D eigenvalue weighted by molar-refractivity contribution is -0.302. The Morgan fingerprint density at radius 3 is 2.18 bits per heavy atom. The molecule has 4 aliphatic rings. The number of carbonyl (C=O) groups is 5. The van der Waals surface area contributed by atoms with Gasteiger partial charge in [-0.15, -0.1) is 0 Å². The van der Waals surface area contributed by atoms with Crippen LogP contribution in [0, 0.1) is 36.5 Å². The van der Waals surface area contributed by atoms with E-state index < -0.39 is 77.8 Å². The highest BCUT2D eigenvalue weighted by molar-refractivity contribution is 6.39. The first-order valence-corrected chi connectivity index (χ1v) is 25.1. The quantitative estimate of drug-likeness (QED) is 0.0996. The summed E-state index contributed by atoms with van der Waals surface area (Å²) in [6.07, 6.45) is 3.43. The number of fused-ring (bicyclic) bond motifs is 3. The third kappa shape index (κ3) is 13.3. The zero-order valence-corrected chi connectivity index (χ0v) is 43.1. The monoisotopic (exact) mass is 991 g/mol. The Bertz CT molecular complexity index is 2000. The maximum atomic E-state index is 14.5. The summed E-state index contributed by atoms with van der Waals surface area (Å²) in [6.45, 7) is 12.8. The highest BCUT2D eigenvalue weighted by Crippen LogP contribution is 2.40. The molecule has 1 aliphatic carbocycles. The van der Waals surface area contributed by atoms with Crippen LogP contribution >= 0.6 is 23.2 Å². The predicted molar refractivity (Wildman–Crippen MR) is 257 cm³/mol. The van der Waals surface area contributed by atoms with E-state index in [2.05, 4.69) is 0 Å². The molecule has 0 spiro atoms. The summed E-state index contributed by atoms with van der Waals surface area (Å²) in [4.78, 5) is 71.5. The number of benzene rings is 1. The van der Waals surface area contributed by atoms with Crippen molar-refractivity contribution in [3.63, 3.8) is 0 Å². The van der Waals surface area contributed by atoms with Crippen molar-refractivity contribution in [1.82, 2.24) is 4.90 Å². The van der Waals surface area contributed by atoms with Gasteiger partial charge in [0.1, 0.15) is 30.6 Å². The lowest BCUT2D eigenvalue weighted by Gasteiger charge is -2.47. The smallest absolute Gasteiger partial charge is 0.329 e. The summed E-state index contributed by atoms with van der Waals surface area (Å²) in [5.41, 5.74) is 2.64. The SMILES string of the molecule is CCC1C=C(C)CC(C)CC(OC)C2OC(O)(C(=O)C(=O)N3CCCCC3C(=O)OC(C(C)=CC3CCC(OCC(=O)c4cc(Cl)c(C)c(Cl)c4)C(OC)C3)C(C)C(O)CC1=O)C(C)CC2OC. The van der Waals surface area contributed by atoms with Crippen molar-refractivity contribution in [2.45, 2.75) is 174 Å². The van der Waals surface area contributed by atoms with Crippen molar-refractivity contribution in [2.24, 2.45) is 29.6 Å². The van der Waals surface area contributed by atoms with Gasteiger partial charge in [0.2, 0.25) is 5.79 Å². The number of Topliss-reactive ketones (excluding diaryl/α,β-unsaturated/α-hetero) is 3. The molecule has 14 nitrogen and oxygen atoms in total. The van der Waals surface area contributed by atoms with Crippen molar-refractivity contribution in [2.75, 3.05) is 34.5 Å². The number of amides is 1. The molecule has 1 saturated carbocycles. The number of hydrogen-bond donors (Lipinski definition) is 2. The Hall–Kier alpha value is -3.05. The highest BCUT2D eigenvalue weighted by atomic mass is 35.5.